The molecule has 2 saturated heterocycles. The van der Waals surface area contributed by atoms with Crippen molar-refractivity contribution in [1.82, 2.24) is 0 Å². The standard InChI is InChI=1S/C19H22N2O4/c1-3-12-15-10-9-25-17(16(15)22)19(8-13(10)20-12)11-6-4-5-7-14(11)21(24-2)18(19)23/h4-7,10,13,15-17,22H,3,8-9H2,1-2H3/t10-,13+,15-,16-,17+,19+/m1/s1. The molecule has 1 aromatic carbocycles. The molecule has 1 N–H and O–H groups in total. The minimum absolute atomic E-state index is 0.00434. The quantitative estimate of drug-likeness (QED) is 0.883. The molecule has 3 fully saturated rings. The van der Waals surface area contributed by atoms with Crippen LogP contribution < -0.4 is 5.06 Å². The summed E-state index contributed by atoms with van der Waals surface area (Å²) >= 11 is 0. The third-order valence-corrected chi connectivity index (χ3v) is 6.55. The van der Waals surface area contributed by atoms with E-state index in [4.69, 9.17) is 14.6 Å². The highest BCUT2D eigenvalue weighted by Crippen LogP contribution is 2.56. The van der Waals surface area contributed by atoms with Gasteiger partial charge in [-0.15, -0.1) is 0 Å². The van der Waals surface area contributed by atoms with Crippen molar-refractivity contribution in [2.75, 3.05) is 18.8 Å². The maximum absolute atomic E-state index is 13.4. The Balaban J connectivity index is 1.73. The van der Waals surface area contributed by atoms with Crippen molar-refractivity contribution >= 4 is 17.3 Å². The monoisotopic (exact) mass is 342 g/mol. The van der Waals surface area contributed by atoms with Gasteiger partial charge >= 0.3 is 0 Å². The van der Waals surface area contributed by atoms with Crippen LogP contribution in [0.25, 0.3) is 0 Å². The van der Waals surface area contributed by atoms with Crippen LogP contribution in [0, 0.1) is 11.8 Å². The number of carbonyl (C=O) groups excluding carboxylic acids is 1. The van der Waals surface area contributed by atoms with Crippen molar-refractivity contribution in [3.63, 3.8) is 0 Å². The highest BCUT2D eigenvalue weighted by molar-refractivity contribution is 6.07. The van der Waals surface area contributed by atoms with Gasteiger partial charge in [0.2, 0.25) is 0 Å². The van der Waals surface area contributed by atoms with Gasteiger partial charge in [-0.3, -0.25) is 14.6 Å². The molecular formula is C19H22N2O4. The average molecular weight is 342 g/mol. The van der Waals surface area contributed by atoms with Crippen LogP contribution in [0.15, 0.2) is 29.3 Å². The van der Waals surface area contributed by atoms with Gasteiger partial charge in [-0.1, -0.05) is 25.1 Å². The second-order valence-electron chi connectivity index (χ2n) is 7.45. The van der Waals surface area contributed by atoms with Crippen molar-refractivity contribution in [2.24, 2.45) is 16.8 Å². The number of ether oxygens (including phenoxy) is 1. The van der Waals surface area contributed by atoms with E-state index >= 15 is 0 Å². The lowest BCUT2D eigenvalue weighted by Crippen LogP contribution is -2.58. The van der Waals surface area contributed by atoms with Gasteiger partial charge in [-0.2, -0.15) is 5.06 Å². The zero-order chi connectivity index (χ0) is 17.3. The second-order valence-corrected chi connectivity index (χ2v) is 7.45. The molecule has 6 rings (SSSR count). The van der Waals surface area contributed by atoms with Crippen molar-refractivity contribution in [1.29, 1.82) is 0 Å². The Morgan fingerprint density at radius 2 is 2.24 bits per heavy atom. The molecule has 1 saturated carbocycles. The zero-order valence-corrected chi connectivity index (χ0v) is 14.4. The summed E-state index contributed by atoms with van der Waals surface area (Å²) in [6.45, 7) is 2.63. The minimum atomic E-state index is -0.928. The number of amides is 1. The van der Waals surface area contributed by atoms with Gasteiger partial charge in [0.25, 0.3) is 5.91 Å². The van der Waals surface area contributed by atoms with Crippen LogP contribution in [0.2, 0.25) is 0 Å². The summed E-state index contributed by atoms with van der Waals surface area (Å²) in [5.41, 5.74) is 1.77. The summed E-state index contributed by atoms with van der Waals surface area (Å²) in [5, 5.41) is 12.5. The second kappa shape index (κ2) is 5.13. The van der Waals surface area contributed by atoms with Gasteiger partial charge in [0.05, 0.1) is 31.5 Å². The Morgan fingerprint density at radius 1 is 1.44 bits per heavy atom. The van der Waals surface area contributed by atoms with E-state index in [1.807, 2.05) is 24.3 Å². The highest BCUT2D eigenvalue weighted by Gasteiger charge is 2.67. The highest BCUT2D eigenvalue weighted by atomic mass is 16.7. The number of fused-ring (bicyclic) bond motifs is 2. The molecule has 1 aliphatic carbocycles. The molecule has 6 heteroatoms. The Hall–Kier alpha value is -1.76. The molecule has 4 heterocycles. The van der Waals surface area contributed by atoms with Crippen LogP contribution in [0.1, 0.15) is 25.3 Å². The van der Waals surface area contributed by atoms with Gasteiger partial charge in [0, 0.05) is 17.5 Å². The molecule has 25 heavy (non-hydrogen) atoms. The molecule has 1 aromatic rings. The van der Waals surface area contributed by atoms with Crippen LogP contribution in [0.3, 0.4) is 0 Å². The number of benzene rings is 1. The first-order chi connectivity index (χ1) is 12.1. The van der Waals surface area contributed by atoms with E-state index in [9.17, 15) is 9.90 Å². The van der Waals surface area contributed by atoms with E-state index in [2.05, 4.69) is 6.92 Å². The molecule has 1 amide bonds. The number of nitrogens with zero attached hydrogens (tertiary/aromatic N) is 2. The lowest BCUT2D eigenvalue weighted by Gasteiger charge is -2.42. The number of carbonyl (C=O) groups is 1. The predicted molar refractivity (Wildman–Crippen MR) is 91.5 cm³/mol. The number of hydroxylamine groups is 1. The Morgan fingerprint density at radius 3 is 3.00 bits per heavy atom. The van der Waals surface area contributed by atoms with Crippen LogP contribution in [-0.4, -0.2) is 48.7 Å². The third-order valence-electron chi connectivity index (χ3n) is 6.55. The van der Waals surface area contributed by atoms with Gasteiger partial charge in [-0.05, 0) is 24.5 Å². The Kier molecular flexibility index (Phi) is 3.18. The Bertz CT molecular complexity index is 778. The maximum atomic E-state index is 13.4. The SMILES string of the molecule is CCC1=N[C@H]2C[C@@]3(C(=O)N(OC)c4ccccc43)[C@H]3OC[C@H]2[C@H]1[C@H]3O. The molecule has 1 spiro atoms. The first kappa shape index (κ1) is 15.5. The van der Waals surface area contributed by atoms with Gasteiger partial charge < -0.3 is 9.84 Å². The van der Waals surface area contributed by atoms with Crippen LogP contribution in [-0.2, 0) is 19.8 Å². The molecule has 0 aromatic heterocycles. The summed E-state index contributed by atoms with van der Waals surface area (Å²) in [7, 11) is 1.50. The molecule has 4 bridgehead atoms. The van der Waals surface area contributed by atoms with E-state index in [1.54, 1.807) is 0 Å². The number of para-hydroxylation sites is 1. The van der Waals surface area contributed by atoms with Crippen molar-refractivity contribution in [3.8, 4) is 0 Å². The zero-order valence-electron chi connectivity index (χ0n) is 14.4. The number of rotatable bonds is 2. The molecule has 0 radical (unpaired) electrons. The maximum Gasteiger partial charge on any atom is 0.264 e. The third kappa shape index (κ3) is 1.70. The summed E-state index contributed by atoms with van der Waals surface area (Å²) in [6.07, 6.45) is 0.113. The largest absolute Gasteiger partial charge is 0.390 e. The summed E-state index contributed by atoms with van der Waals surface area (Å²) in [5.74, 6) is 0.0171. The van der Waals surface area contributed by atoms with E-state index < -0.39 is 17.6 Å². The van der Waals surface area contributed by atoms with E-state index in [0.717, 1.165) is 23.4 Å². The first-order valence-electron chi connectivity index (χ1n) is 8.98. The predicted octanol–water partition coefficient (Wildman–Crippen LogP) is 1.46. The number of aliphatic hydroxyl groups is 1. The van der Waals surface area contributed by atoms with Crippen LogP contribution in [0.4, 0.5) is 5.69 Å². The molecule has 6 nitrogen and oxygen atoms in total. The average Bonchev–Trinajstić information content (AvgIpc) is 3.00. The number of hydrogen-bond donors (Lipinski definition) is 1. The van der Waals surface area contributed by atoms with Crippen molar-refractivity contribution < 1.29 is 19.5 Å². The first-order valence-corrected chi connectivity index (χ1v) is 8.98. The van der Waals surface area contributed by atoms with E-state index in [1.165, 1.54) is 12.2 Å². The number of aliphatic hydroxyl groups excluding tert-OH is 1. The fourth-order valence-electron chi connectivity index (χ4n) is 5.54. The van der Waals surface area contributed by atoms with Gasteiger partial charge in [-0.25, -0.2) is 0 Å². The van der Waals surface area contributed by atoms with E-state index in [0.29, 0.717) is 13.0 Å². The van der Waals surface area contributed by atoms with Gasteiger partial charge in [0.1, 0.15) is 11.5 Å². The molecule has 4 aliphatic heterocycles. The molecule has 6 atom stereocenters. The lowest BCUT2D eigenvalue weighted by atomic mass is 9.70. The van der Waals surface area contributed by atoms with Crippen molar-refractivity contribution in [3.05, 3.63) is 29.8 Å². The smallest absolute Gasteiger partial charge is 0.264 e. The topological polar surface area (TPSA) is 71.4 Å². The van der Waals surface area contributed by atoms with Crippen LogP contribution >= 0.6 is 0 Å². The molecule has 132 valence electrons. The van der Waals surface area contributed by atoms with Crippen molar-refractivity contribution in [2.45, 2.75) is 43.4 Å². The van der Waals surface area contributed by atoms with E-state index in [-0.39, 0.29) is 23.8 Å². The molecule has 0 unspecified atom stereocenters. The lowest BCUT2D eigenvalue weighted by molar-refractivity contribution is -0.152. The number of aliphatic imine (C=N–C) groups is 1. The summed E-state index contributed by atoms with van der Waals surface area (Å²) < 4.78 is 6.12. The number of hydrogen-bond acceptors (Lipinski definition) is 5. The minimum Gasteiger partial charge on any atom is -0.390 e. The van der Waals surface area contributed by atoms with Gasteiger partial charge in [0.15, 0.2) is 0 Å². The molecule has 5 aliphatic rings. The summed E-state index contributed by atoms with van der Waals surface area (Å²) in [6, 6.07) is 7.67. The number of anilines is 1. The molecular weight excluding hydrogens is 320 g/mol. The summed E-state index contributed by atoms with van der Waals surface area (Å²) in [4.78, 5) is 23.7. The fourth-order valence-corrected chi connectivity index (χ4v) is 5.54. The van der Waals surface area contributed by atoms with Crippen LogP contribution in [0.5, 0.6) is 0 Å². The Labute approximate surface area is 146 Å². The normalized spacial score (nSPS) is 41.2. The fraction of sp³-hybridized carbons (Fsp3) is 0.579.